The van der Waals surface area contributed by atoms with Crippen LogP contribution in [0.2, 0.25) is 0 Å². The largest absolute Gasteiger partial charge is 0.441 e. The lowest BCUT2D eigenvalue weighted by molar-refractivity contribution is 0.145. The third kappa shape index (κ3) is 1.65. The van der Waals surface area contributed by atoms with E-state index in [4.69, 9.17) is 11.2 Å². The number of carbonyl (C=O) groups excluding carboxylic acids is 1. The zero-order chi connectivity index (χ0) is 6.69. The molecule has 1 rings (SSSR count). The highest BCUT2D eigenvalue weighted by Crippen LogP contribution is 2.17. The summed E-state index contributed by atoms with van der Waals surface area (Å²) in [7, 11) is 0. The van der Waals surface area contributed by atoms with E-state index in [2.05, 4.69) is 5.92 Å². The van der Waals surface area contributed by atoms with Gasteiger partial charge in [-0.2, -0.15) is 0 Å². The molecule has 9 heavy (non-hydrogen) atoms. The third-order valence-corrected chi connectivity index (χ3v) is 1.80. The standard InChI is InChI=1S/C6H6O2S/c1-2-5-3-4-9-6(7)8-5/h1,5H,3-4H2. The van der Waals surface area contributed by atoms with Crippen LogP contribution in [0.5, 0.6) is 0 Å². The number of thioether (sulfide) groups is 1. The lowest BCUT2D eigenvalue weighted by atomic mass is 10.3. The maximum absolute atomic E-state index is 10.5. The predicted molar refractivity (Wildman–Crippen MR) is 36.2 cm³/mol. The molecule has 0 saturated carbocycles. The first kappa shape index (κ1) is 6.50. The maximum Gasteiger partial charge on any atom is 0.368 e. The number of rotatable bonds is 0. The molecule has 3 heteroatoms. The second-order valence-corrected chi connectivity index (χ2v) is 2.69. The molecule has 1 aliphatic rings. The molecule has 0 spiro atoms. The summed E-state index contributed by atoms with van der Waals surface area (Å²) >= 11 is 1.18. The zero-order valence-corrected chi connectivity index (χ0v) is 5.61. The lowest BCUT2D eigenvalue weighted by Crippen LogP contribution is -2.19. The molecule has 0 aromatic heterocycles. The van der Waals surface area contributed by atoms with Crippen LogP contribution in [-0.4, -0.2) is 17.2 Å². The summed E-state index contributed by atoms with van der Waals surface area (Å²) in [5.74, 6) is 3.16. The van der Waals surface area contributed by atoms with Gasteiger partial charge in [0.15, 0.2) is 6.10 Å². The molecule has 1 aliphatic heterocycles. The Balaban J connectivity index is 2.43. The molecule has 1 heterocycles. The fourth-order valence-corrected chi connectivity index (χ4v) is 1.26. The Labute approximate surface area is 58.0 Å². The van der Waals surface area contributed by atoms with Crippen LogP contribution in [0.25, 0.3) is 0 Å². The van der Waals surface area contributed by atoms with Gasteiger partial charge in [-0.15, -0.1) is 6.42 Å². The van der Waals surface area contributed by atoms with Crippen molar-refractivity contribution >= 4 is 17.1 Å². The molecule has 0 bridgehead atoms. The molecule has 0 aromatic rings. The van der Waals surface area contributed by atoms with E-state index in [1.807, 2.05) is 0 Å². The van der Waals surface area contributed by atoms with Crippen LogP contribution in [-0.2, 0) is 4.74 Å². The molecule has 0 radical (unpaired) electrons. The van der Waals surface area contributed by atoms with E-state index < -0.39 is 0 Å². The average molecular weight is 142 g/mol. The Bertz CT molecular complexity index is 159. The van der Waals surface area contributed by atoms with Crippen molar-refractivity contribution in [3.63, 3.8) is 0 Å². The molecule has 0 amide bonds. The summed E-state index contributed by atoms with van der Waals surface area (Å²) in [6.07, 6.45) is 5.53. The van der Waals surface area contributed by atoms with Gasteiger partial charge in [-0.05, 0) is 11.8 Å². The van der Waals surface area contributed by atoms with Crippen LogP contribution >= 0.6 is 11.8 Å². The Kier molecular flexibility index (Phi) is 2.01. The summed E-state index contributed by atoms with van der Waals surface area (Å²) in [5, 5.41) is -0.246. The normalized spacial score (nSPS) is 26.6. The van der Waals surface area contributed by atoms with Gasteiger partial charge in [0, 0.05) is 12.2 Å². The van der Waals surface area contributed by atoms with Gasteiger partial charge in [0.25, 0.3) is 0 Å². The Hall–Kier alpha value is -0.620. The Morgan fingerprint density at radius 2 is 2.67 bits per heavy atom. The van der Waals surface area contributed by atoms with Crippen molar-refractivity contribution in [1.29, 1.82) is 0 Å². The Morgan fingerprint density at radius 3 is 3.11 bits per heavy atom. The van der Waals surface area contributed by atoms with Crippen molar-refractivity contribution in [2.75, 3.05) is 5.75 Å². The quantitative estimate of drug-likeness (QED) is 0.376. The summed E-state index contributed by atoms with van der Waals surface area (Å²) < 4.78 is 4.72. The molecule has 1 saturated heterocycles. The molecule has 1 unspecified atom stereocenters. The van der Waals surface area contributed by atoms with Crippen molar-refractivity contribution in [3.05, 3.63) is 0 Å². The molecule has 0 aliphatic carbocycles. The van der Waals surface area contributed by atoms with Crippen LogP contribution in [0.15, 0.2) is 0 Å². The van der Waals surface area contributed by atoms with Crippen molar-refractivity contribution in [2.45, 2.75) is 12.5 Å². The van der Waals surface area contributed by atoms with Gasteiger partial charge in [-0.1, -0.05) is 5.92 Å². The molecule has 0 aromatic carbocycles. The first-order valence-electron chi connectivity index (χ1n) is 2.62. The average Bonchev–Trinajstić information content (AvgIpc) is 1.88. The van der Waals surface area contributed by atoms with E-state index in [1.54, 1.807) is 0 Å². The first-order chi connectivity index (χ1) is 4.33. The van der Waals surface area contributed by atoms with E-state index in [-0.39, 0.29) is 11.4 Å². The maximum atomic E-state index is 10.5. The third-order valence-electron chi connectivity index (χ3n) is 1.02. The summed E-state index contributed by atoms with van der Waals surface area (Å²) in [6, 6.07) is 0. The number of carbonyl (C=O) groups is 1. The molecule has 1 atom stereocenters. The number of hydrogen-bond donors (Lipinski definition) is 0. The van der Waals surface area contributed by atoms with Crippen molar-refractivity contribution < 1.29 is 9.53 Å². The highest BCUT2D eigenvalue weighted by atomic mass is 32.2. The van der Waals surface area contributed by atoms with Crippen LogP contribution in [0.3, 0.4) is 0 Å². The summed E-state index contributed by atoms with van der Waals surface area (Å²) in [4.78, 5) is 10.5. The van der Waals surface area contributed by atoms with Gasteiger partial charge < -0.3 is 4.74 Å². The van der Waals surface area contributed by atoms with Gasteiger partial charge in [0.05, 0.1) is 0 Å². The minimum absolute atomic E-state index is 0.246. The molecule has 0 N–H and O–H groups in total. The van der Waals surface area contributed by atoms with Gasteiger partial charge in [0.2, 0.25) is 0 Å². The first-order valence-corrected chi connectivity index (χ1v) is 3.61. The van der Waals surface area contributed by atoms with Crippen LogP contribution < -0.4 is 0 Å². The number of terminal acetylenes is 1. The zero-order valence-electron chi connectivity index (χ0n) is 4.79. The highest BCUT2D eigenvalue weighted by Gasteiger charge is 2.17. The van der Waals surface area contributed by atoms with E-state index in [9.17, 15) is 4.79 Å². The van der Waals surface area contributed by atoms with Gasteiger partial charge in [-0.3, -0.25) is 0 Å². The molecule has 1 fully saturated rings. The van der Waals surface area contributed by atoms with E-state index in [1.165, 1.54) is 11.8 Å². The van der Waals surface area contributed by atoms with Crippen LogP contribution in [0.1, 0.15) is 6.42 Å². The van der Waals surface area contributed by atoms with Crippen molar-refractivity contribution in [3.8, 4) is 12.3 Å². The van der Waals surface area contributed by atoms with Crippen molar-refractivity contribution in [1.82, 2.24) is 0 Å². The predicted octanol–water partition coefficient (Wildman–Crippen LogP) is 1.26. The van der Waals surface area contributed by atoms with Gasteiger partial charge >= 0.3 is 5.30 Å². The minimum atomic E-state index is -0.279. The Morgan fingerprint density at radius 1 is 1.89 bits per heavy atom. The smallest absolute Gasteiger partial charge is 0.368 e. The van der Waals surface area contributed by atoms with Crippen LogP contribution in [0.4, 0.5) is 4.79 Å². The fourth-order valence-electron chi connectivity index (χ4n) is 0.576. The summed E-state index contributed by atoms with van der Waals surface area (Å²) in [6.45, 7) is 0. The van der Waals surface area contributed by atoms with E-state index >= 15 is 0 Å². The second kappa shape index (κ2) is 2.79. The second-order valence-electron chi connectivity index (χ2n) is 1.66. The SMILES string of the molecule is C#CC1CCSC(=O)O1. The molecular formula is C6H6O2S. The summed E-state index contributed by atoms with van der Waals surface area (Å²) in [5.41, 5.74) is 0. The molecular weight excluding hydrogens is 136 g/mol. The van der Waals surface area contributed by atoms with Crippen molar-refractivity contribution in [2.24, 2.45) is 0 Å². The van der Waals surface area contributed by atoms with Crippen LogP contribution in [0, 0.1) is 12.3 Å². The van der Waals surface area contributed by atoms with Gasteiger partial charge in [0.1, 0.15) is 0 Å². The van der Waals surface area contributed by atoms with Gasteiger partial charge in [-0.25, -0.2) is 4.79 Å². The minimum Gasteiger partial charge on any atom is -0.441 e. The highest BCUT2D eigenvalue weighted by molar-refractivity contribution is 8.13. The number of hydrogen-bond acceptors (Lipinski definition) is 3. The molecule has 2 nitrogen and oxygen atoms in total. The van der Waals surface area contributed by atoms with E-state index in [0.29, 0.717) is 0 Å². The van der Waals surface area contributed by atoms with E-state index in [0.717, 1.165) is 12.2 Å². The lowest BCUT2D eigenvalue weighted by Gasteiger charge is -2.15. The fraction of sp³-hybridized carbons (Fsp3) is 0.500. The monoisotopic (exact) mass is 142 g/mol. The topological polar surface area (TPSA) is 26.3 Å². The number of ether oxygens (including phenoxy) is 1. The molecule has 48 valence electrons. The number of cyclic esters (lactones) is 1.